The van der Waals surface area contributed by atoms with Crippen molar-refractivity contribution in [1.29, 1.82) is 0 Å². The number of aromatic nitrogens is 2. The molecule has 0 spiro atoms. The van der Waals surface area contributed by atoms with Gasteiger partial charge in [-0.15, -0.1) is 0 Å². The van der Waals surface area contributed by atoms with Crippen LogP contribution >= 0.6 is 0 Å². The van der Waals surface area contributed by atoms with Gasteiger partial charge in [0.05, 0.1) is 6.26 Å². The predicted molar refractivity (Wildman–Crippen MR) is 96.1 cm³/mol. The molecule has 3 heterocycles. The van der Waals surface area contributed by atoms with Gasteiger partial charge in [-0.3, -0.25) is 4.79 Å². The molecular formula is C17H28N4O3S. The second-order valence-electron chi connectivity index (χ2n) is 7.21. The standard InChI is InChI=1S/C17H28N4O3S/c1-13-16(17(22)19-9-5-4-6-10-19)18-14(2)21(13)15-7-11-20(12-8-15)25(3,23)24/h15H,4-12H2,1-3H3. The molecule has 0 aliphatic carbocycles. The Kier molecular flexibility index (Phi) is 5.20. The molecule has 140 valence electrons. The van der Waals surface area contributed by atoms with E-state index in [1.807, 2.05) is 18.7 Å². The molecule has 3 rings (SSSR count). The quantitative estimate of drug-likeness (QED) is 0.814. The highest BCUT2D eigenvalue weighted by atomic mass is 32.2. The molecular weight excluding hydrogens is 340 g/mol. The molecule has 7 nitrogen and oxygen atoms in total. The van der Waals surface area contributed by atoms with E-state index in [2.05, 4.69) is 9.55 Å². The molecule has 0 aromatic carbocycles. The van der Waals surface area contributed by atoms with E-state index in [1.165, 1.54) is 17.0 Å². The van der Waals surface area contributed by atoms with Crippen molar-refractivity contribution in [2.24, 2.45) is 0 Å². The molecule has 1 amide bonds. The number of hydrogen-bond acceptors (Lipinski definition) is 4. The van der Waals surface area contributed by atoms with E-state index in [1.54, 1.807) is 0 Å². The van der Waals surface area contributed by atoms with Gasteiger partial charge in [-0.2, -0.15) is 0 Å². The van der Waals surface area contributed by atoms with Crippen molar-refractivity contribution in [2.45, 2.75) is 52.0 Å². The van der Waals surface area contributed by atoms with Crippen LogP contribution in [0, 0.1) is 13.8 Å². The summed E-state index contributed by atoms with van der Waals surface area (Å²) in [7, 11) is -3.13. The third kappa shape index (κ3) is 3.74. The van der Waals surface area contributed by atoms with Gasteiger partial charge in [-0.05, 0) is 46.0 Å². The molecule has 2 fully saturated rings. The number of aryl methyl sites for hydroxylation is 1. The van der Waals surface area contributed by atoms with Crippen LogP contribution in [-0.2, 0) is 10.0 Å². The fraction of sp³-hybridized carbons (Fsp3) is 0.765. The first-order chi connectivity index (χ1) is 11.8. The van der Waals surface area contributed by atoms with Gasteiger partial charge in [0, 0.05) is 37.9 Å². The Hall–Kier alpha value is -1.41. The highest BCUT2D eigenvalue weighted by molar-refractivity contribution is 7.88. The smallest absolute Gasteiger partial charge is 0.274 e. The summed E-state index contributed by atoms with van der Waals surface area (Å²) in [6.07, 6.45) is 6.08. The summed E-state index contributed by atoms with van der Waals surface area (Å²) in [6, 6.07) is 0.202. The number of amides is 1. The number of carbonyl (C=O) groups is 1. The maximum absolute atomic E-state index is 12.8. The second-order valence-corrected chi connectivity index (χ2v) is 9.19. The van der Waals surface area contributed by atoms with E-state index in [0.717, 1.165) is 50.3 Å². The largest absolute Gasteiger partial charge is 0.337 e. The number of rotatable bonds is 3. The lowest BCUT2D eigenvalue weighted by Gasteiger charge is -2.32. The minimum absolute atomic E-state index is 0.0348. The molecule has 0 saturated carbocycles. The van der Waals surface area contributed by atoms with Crippen LogP contribution in [0.5, 0.6) is 0 Å². The molecule has 2 saturated heterocycles. The Morgan fingerprint density at radius 1 is 1.04 bits per heavy atom. The zero-order chi connectivity index (χ0) is 18.2. The molecule has 25 heavy (non-hydrogen) atoms. The van der Waals surface area contributed by atoms with E-state index in [9.17, 15) is 13.2 Å². The molecule has 2 aliphatic rings. The van der Waals surface area contributed by atoms with E-state index in [0.29, 0.717) is 18.8 Å². The molecule has 1 aromatic rings. The Balaban J connectivity index is 1.77. The van der Waals surface area contributed by atoms with Crippen molar-refractivity contribution < 1.29 is 13.2 Å². The summed E-state index contributed by atoms with van der Waals surface area (Å²) < 4.78 is 27.0. The molecule has 8 heteroatoms. The van der Waals surface area contributed by atoms with Crippen LogP contribution in [0.15, 0.2) is 0 Å². The molecule has 1 aromatic heterocycles. The van der Waals surface area contributed by atoms with Gasteiger partial charge in [0.1, 0.15) is 11.5 Å². The van der Waals surface area contributed by atoms with Gasteiger partial charge in [0.2, 0.25) is 10.0 Å². The van der Waals surface area contributed by atoms with Gasteiger partial charge in [-0.1, -0.05) is 0 Å². The van der Waals surface area contributed by atoms with Gasteiger partial charge in [0.15, 0.2) is 0 Å². The minimum atomic E-state index is -3.13. The van der Waals surface area contributed by atoms with Crippen LogP contribution < -0.4 is 0 Å². The lowest BCUT2D eigenvalue weighted by atomic mass is 10.1. The molecule has 0 unspecified atom stereocenters. The second kappa shape index (κ2) is 7.07. The number of carbonyl (C=O) groups excluding carboxylic acids is 1. The predicted octanol–water partition coefficient (Wildman–Crippen LogP) is 1.72. The summed E-state index contributed by atoms with van der Waals surface area (Å²) >= 11 is 0. The zero-order valence-electron chi connectivity index (χ0n) is 15.4. The van der Waals surface area contributed by atoms with Crippen LogP contribution in [0.25, 0.3) is 0 Å². The number of sulfonamides is 1. The van der Waals surface area contributed by atoms with Gasteiger partial charge >= 0.3 is 0 Å². The average molecular weight is 369 g/mol. The first kappa shape index (κ1) is 18.4. The summed E-state index contributed by atoms with van der Waals surface area (Å²) in [6.45, 7) is 6.57. The SMILES string of the molecule is Cc1nc(C(=O)N2CCCCC2)c(C)n1C1CCN(S(C)(=O)=O)CC1. The van der Waals surface area contributed by atoms with E-state index in [-0.39, 0.29) is 11.9 Å². The topological polar surface area (TPSA) is 75.5 Å². The zero-order valence-corrected chi connectivity index (χ0v) is 16.2. The average Bonchev–Trinajstić information content (AvgIpc) is 2.89. The van der Waals surface area contributed by atoms with Crippen molar-refractivity contribution in [3.05, 3.63) is 17.2 Å². The molecule has 2 aliphatic heterocycles. The van der Waals surface area contributed by atoms with E-state index < -0.39 is 10.0 Å². The highest BCUT2D eigenvalue weighted by Gasteiger charge is 2.30. The highest BCUT2D eigenvalue weighted by Crippen LogP contribution is 2.28. The number of nitrogens with zero attached hydrogens (tertiary/aromatic N) is 4. The number of likely N-dealkylation sites (tertiary alicyclic amines) is 1. The Bertz CT molecular complexity index is 742. The summed E-state index contributed by atoms with van der Waals surface area (Å²) in [5, 5.41) is 0. The lowest BCUT2D eigenvalue weighted by molar-refractivity contribution is 0.0717. The van der Waals surface area contributed by atoms with Crippen molar-refractivity contribution in [3.63, 3.8) is 0 Å². The summed E-state index contributed by atoms with van der Waals surface area (Å²) in [5.74, 6) is 0.878. The van der Waals surface area contributed by atoms with Crippen LogP contribution in [0.1, 0.15) is 60.2 Å². The monoisotopic (exact) mass is 368 g/mol. The fourth-order valence-electron chi connectivity index (χ4n) is 4.07. The molecule has 0 radical (unpaired) electrons. The molecule has 0 bridgehead atoms. The number of piperidine rings is 2. The first-order valence-electron chi connectivity index (χ1n) is 9.09. The normalized spacial score (nSPS) is 20.8. The number of hydrogen-bond donors (Lipinski definition) is 0. The summed E-state index contributed by atoms with van der Waals surface area (Å²) in [4.78, 5) is 19.3. The molecule has 0 atom stereocenters. The van der Waals surface area contributed by atoms with Crippen molar-refractivity contribution >= 4 is 15.9 Å². The van der Waals surface area contributed by atoms with Gasteiger partial charge in [0.25, 0.3) is 5.91 Å². The summed E-state index contributed by atoms with van der Waals surface area (Å²) in [5.41, 5.74) is 1.47. The van der Waals surface area contributed by atoms with Crippen molar-refractivity contribution in [2.75, 3.05) is 32.4 Å². The maximum Gasteiger partial charge on any atom is 0.274 e. The van der Waals surface area contributed by atoms with Crippen LogP contribution in [0.3, 0.4) is 0 Å². The third-order valence-corrected chi connectivity index (χ3v) is 6.73. The van der Waals surface area contributed by atoms with Crippen molar-refractivity contribution in [3.8, 4) is 0 Å². The Labute approximate surface area is 150 Å². The van der Waals surface area contributed by atoms with Crippen LogP contribution in [-0.4, -0.2) is 65.5 Å². The maximum atomic E-state index is 12.8. The minimum Gasteiger partial charge on any atom is -0.337 e. The Morgan fingerprint density at radius 2 is 1.64 bits per heavy atom. The van der Waals surface area contributed by atoms with Gasteiger partial charge in [-0.25, -0.2) is 17.7 Å². The fourth-order valence-corrected chi connectivity index (χ4v) is 4.95. The van der Waals surface area contributed by atoms with E-state index >= 15 is 0 Å². The van der Waals surface area contributed by atoms with Crippen LogP contribution in [0.4, 0.5) is 0 Å². The number of imidazole rings is 1. The van der Waals surface area contributed by atoms with E-state index in [4.69, 9.17) is 0 Å². The van der Waals surface area contributed by atoms with Crippen molar-refractivity contribution in [1.82, 2.24) is 18.8 Å². The first-order valence-corrected chi connectivity index (χ1v) is 10.9. The van der Waals surface area contributed by atoms with Gasteiger partial charge < -0.3 is 9.47 Å². The lowest BCUT2D eigenvalue weighted by Crippen LogP contribution is -2.38. The van der Waals surface area contributed by atoms with Crippen LogP contribution in [0.2, 0.25) is 0 Å². The Morgan fingerprint density at radius 3 is 2.20 bits per heavy atom. The molecule has 0 N–H and O–H groups in total. The third-order valence-electron chi connectivity index (χ3n) is 5.43.